The zero-order valence-corrected chi connectivity index (χ0v) is 8.71. The van der Waals surface area contributed by atoms with Gasteiger partial charge in [-0.1, -0.05) is 5.16 Å². The highest BCUT2D eigenvalue weighted by molar-refractivity contribution is 5.94. The lowest BCUT2D eigenvalue weighted by molar-refractivity contribution is 0.433. The summed E-state index contributed by atoms with van der Waals surface area (Å²) in [4.78, 5) is 4.30. The molecule has 0 bridgehead atoms. The number of aryl methyl sites for hydroxylation is 1. The fourth-order valence-electron chi connectivity index (χ4n) is 1.85. The first-order chi connectivity index (χ1) is 7.77. The summed E-state index contributed by atoms with van der Waals surface area (Å²) in [6, 6.07) is 3.87. The fourth-order valence-corrected chi connectivity index (χ4v) is 1.85. The predicted octanol–water partition coefficient (Wildman–Crippen LogP) is 1.81. The van der Waals surface area contributed by atoms with Gasteiger partial charge in [0, 0.05) is 30.4 Å². The SMILES string of the molecule is Cn1cc(-c2oncc2N)c2cccnc21. The van der Waals surface area contributed by atoms with Gasteiger partial charge in [-0.05, 0) is 12.1 Å². The molecule has 0 radical (unpaired) electrons. The van der Waals surface area contributed by atoms with Crippen LogP contribution in [0.2, 0.25) is 0 Å². The lowest BCUT2D eigenvalue weighted by atomic mass is 10.1. The number of aromatic nitrogens is 3. The normalized spacial score (nSPS) is 11.1. The lowest BCUT2D eigenvalue weighted by Gasteiger charge is -1.93. The summed E-state index contributed by atoms with van der Waals surface area (Å²) >= 11 is 0. The van der Waals surface area contributed by atoms with Gasteiger partial charge >= 0.3 is 0 Å². The van der Waals surface area contributed by atoms with Gasteiger partial charge in [-0.15, -0.1) is 0 Å². The van der Waals surface area contributed by atoms with E-state index in [-0.39, 0.29) is 0 Å². The van der Waals surface area contributed by atoms with Gasteiger partial charge in [-0.25, -0.2) is 4.98 Å². The van der Waals surface area contributed by atoms with Crippen molar-refractivity contribution in [2.24, 2.45) is 7.05 Å². The van der Waals surface area contributed by atoms with Crippen molar-refractivity contribution in [3.63, 3.8) is 0 Å². The quantitative estimate of drug-likeness (QED) is 0.670. The van der Waals surface area contributed by atoms with Crippen molar-refractivity contribution in [1.82, 2.24) is 14.7 Å². The maximum absolute atomic E-state index is 5.79. The van der Waals surface area contributed by atoms with Gasteiger partial charge in [0.25, 0.3) is 0 Å². The van der Waals surface area contributed by atoms with E-state index in [0.29, 0.717) is 11.4 Å². The van der Waals surface area contributed by atoms with Crippen molar-refractivity contribution in [2.45, 2.75) is 0 Å². The number of fused-ring (bicyclic) bond motifs is 1. The number of nitrogens with two attached hydrogens (primary N) is 1. The van der Waals surface area contributed by atoms with Gasteiger partial charge in [0.1, 0.15) is 11.3 Å². The van der Waals surface area contributed by atoms with E-state index in [1.54, 1.807) is 6.20 Å². The molecule has 0 saturated carbocycles. The summed E-state index contributed by atoms with van der Waals surface area (Å²) in [5, 5.41) is 4.69. The first-order valence-electron chi connectivity index (χ1n) is 4.88. The number of hydrogen-bond donors (Lipinski definition) is 1. The molecule has 3 heterocycles. The second-order valence-corrected chi connectivity index (χ2v) is 3.64. The van der Waals surface area contributed by atoms with Crippen LogP contribution in [0.1, 0.15) is 0 Å². The lowest BCUT2D eigenvalue weighted by Crippen LogP contribution is -1.85. The Hall–Kier alpha value is -2.30. The minimum atomic E-state index is 0.538. The molecule has 2 N–H and O–H groups in total. The molecule has 0 spiro atoms. The third kappa shape index (κ3) is 1.11. The first kappa shape index (κ1) is 8.96. The van der Waals surface area contributed by atoms with E-state index < -0.39 is 0 Å². The van der Waals surface area contributed by atoms with E-state index in [2.05, 4.69) is 10.1 Å². The molecule has 3 rings (SSSR count). The van der Waals surface area contributed by atoms with Gasteiger partial charge in [-0.2, -0.15) is 0 Å². The minimum absolute atomic E-state index is 0.538. The number of hydrogen-bond acceptors (Lipinski definition) is 4. The average molecular weight is 214 g/mol. The number of pyridine rings is 1. The highest BCUT2D eigenvalue weighted by Crippen LogP contribution is 2.32. The summed E-state index contributed by atoms with van der Waals surface area (Å²) in [5.74, 6) is 0.596. The summed E-state index contributed by atoms with van der Waals surface area (Å²) in [6.07, 6.45) is 5.20. The van der Waals surface area contributed by atoms with Crippen molar-refractivity contribution in [2.75, 3.05) is 5.73 Å². The topological polar surface area (TPSA) is 69.9 Å². The fraction of sp³-hybridized carbons (Fsp3) is 0.0909. The molecule has 80 valence electrons. The summed E-state index contributed by atoms with van der Waals surface area (Å²) < 4.78 is 7.09. The van der Waals surface area contributed by atoms with Gasteiger partial charge in [0.15, 0.2) is 5.76 Å². The Balaban J connectivity index is 2.37. The molecule has 3 aromatic heterocycles. The van der Waals surface area contributed by atoms with Gasteiger partial charge in [0.05, 0.1) is 6.20 Å². The van der Waals surface area contributed by atoms with Gasteiger partial charge in [0.2, 0.25) is 0 Å². The first-order valence-corrected chi connectivity index (χ1v) is 4.88. The van der Waals surface area contributed by atoms with Crippen molar-refractivity contribution in [3.8, 4) is 11.3 Å². The number of rotatable bonds is 1. The van der Waals surface area contributed by atoms with E-state index in [9.17, 15) is 0 Å². The van der Waals surface area contributed by atoms with E-state index >= 15 is 0 Å². The van der Waals surface area contributed by atoms with Crippen molar-refractivity contribution < 1.29 is 4.52 Å². The summed E-state index contributed by atoms with van der Waals surface area (Å²) in [5.41, 5.74) is 8.14. The number of anilines is 1. The Morgan fingerprint density at radius 2 is 2.31 bits per heavy atom. The summed E-state index contributed by atoms with van der Waals surface area (Å²) in [6.45, 7) is 0. The molecular formula is C11H10N4O. The minimum Gasteiger partial charge on any atom is -0.394 e. The highest BCUT2D eigenvalue weighted by Gasteiger charge is 2.14. The van der Waals surface area contributed by atoms with Crippen LogP contribution < -0.4 is 5.73 Å². The molecule has 0 unspecified atom stereocenters. The molecule has 5 heteroatoms. The molecule has 0 aliphatic heterocycles. The molecule has 3 aromatic rings. The van der Waals surface area contributed by atoms with Crippen molar-refractivity contribution >= 4 is 16.7 Å². The molecule has 0 atom stereocenters. The molecule has 16 heavy (non-hydrogen) atoms. The molecule has 5 nitrogen and oxygen atoms in total. The van der Waals surface area contributed by atoms with Crippen LogP contribution in [0.25, 0.3) is 22.4 Å². The van der Waals surface area contributed by atoms with Gasteiger partial charge < -0.3 is 14.8 Å². The Bertz CT molecular complexity index is 653. The second kappa shape index (κ2) is 3.10. The van der Waals surface area contributed by atoms with Crippen LogP contribution in [0.5, 0.6) is 0 Å². The van der Waals surface area contributed by atoms with Crippen LogP contribution >= 0.6 is 0 Å². The maximum Gasteiger partial charge on any atom is 0.191 e. The van der Waals surface area contributed by atoms with Crippen LogP contribution in [0.15, 0.2) is 35.2 Å². The Labute approximate surface area is 91.5 Å². The second-order valence-electron chi connectivity index (χ2n) is 3.64. The average Bonchev–Trinajstić information content (AvgIpc) is 2.84. The third-order valence-corrected chi connectivity index (χ3v) is 2.58. The molecule has 0 saturated heterocycles. The van der Waals surface area contributed by atoms with Crippen molar-refractivity contribution in [3.05, 3.63) is 30.7 Å². The smallest absolute Gasteiger partial charge is 0.191 e. The molecular weight excluding hydrogens is 204 g/mol. The summed E-state index contributed by atoms with van der Waals surface area (Å²) in [7, 11) is 1.94. The van der Waals surface area contributed by atoms with Crippen LogP contribution in [0.3, 0.4) is 0 Å². The molecule has 0 aromatic carbocycles. The number of nitrogens with zero attached hydrogens (tertiary/aromatic N) is 3. The third-order valence-electron chi connectivity index (χ3n) is 2.58. The Kier molecular flexibility index (Phi) is 1.73. The van der Waals surface area contributed by atoms with Crippen LogP contribution in [-0.2, 0) is 7.05 Å². The van der Waals surface area contributed by atoms with Gasteiger partial charge in [-0.3, -0.25) is 0 Å². The molecule has 0 aliphatic carbocycles. The highest BCUT2D eigenvalue weighted by atomic mass is 16.5. The van der Waals surface area contributed by atoms with Crippen LogP contribution in [0.4, 0.5) is 5.69 Å². The molecule has 0 aliphatic rings. The van der Waals surface area contributed by atoms with E-state index in [1.807, 2.05) is 29.9 Å². The van der Waals surface area contributed by atoms with E-state index in [1.165, 1.54) is 6.20 Å². The Morgan fingerprint density at radius 3 is 3.06 bits per heavy atom. The molecule has 0 amide bonds. The van der Waals surface area contributed by atoms with Crippen LogP contribution in [0, 0.1) is 0 Å². The van der Waals surface area contributed by atoms with Crippen LogP contribution in [-0.4, -0.2) is 14.7 Å². The van der Waals surface area contributed by atoms with E-state index in [0.717, 1.165) is 16.6 Å². The standard InChI is InChI=1S/C11H10N4O/c1-15-6-8(10-9(12)5-14-16-10)7-3-2-4-13-11(7)15/h2-6H,12H2,1H3. The zero-order valence-electron chi connectivity index (χ0n) is 8.71. The monoisotopic (exact) mass is 214 g/mol. The van der Waals surface area contributed by atoms with Crippen molar-refractivity contribution in [1.29, 1.82) is 0 Å². The molecule has 0 fully saturated rings. The predicted molar refractivity (Wildman–Crippen MR) is 60.6 cm³/mol. The van der Waals surface area contributed by atoms with E-state index in [4.69, 9.17) is 10.3 Å². The zero-order chi connectivity index (χ0) is 11.1. The largest absolute Gasteiger partial charge is 0.394 e. The maximum atomic E-state index is 5.79. The Morgan fingerprint density at radius 1 is 1.44 bits per heavy atom. The number of nitrogen functional groups attached to an aromatic ring is 1.